The molecule has 2 heteroatoms. The quantitative estimate of drug-likeness (QED) is 0.702. The minimum Gasteiger partial charge on any atom is -0.508 e. The lowest BCUT2D eigenvalue weighted by molar-refractivity contribution is 0.449. The summed E-state index contributed by atoms with van der Waals surface area (Å²) in [7, 11) is 0. The van der Waals surface area contributed by atoms with Crippen LogP contribution in [0, 0.1) is 0 Å². The van der Waals surface area contributed by atoms with Gasteiger partial charge in [0.2, 0.25) is 0 Å². The first kappa shape index (κ1) is 16.4. The average Bonchev–Trinajstić information content (AvgIpc) is 2.51. The van der Waals surface area contributed by atoms with Gasteiger partial charge in [-0.1, -0.05) is 51.0 Å². The first-order valence-corrected chi connectivity index (χ1v) is 8.23. The molecule has 0 fully saturated rings. The van der Waals surface area contributed by atoms with Crippen molar-refractivity contribution in [3.63, 3.8) is 0 Å². The van der Waals surface area contributed by atoms with Gasteiger partial charge in [0.1, 0.15) is 11.5 Å². The maximum absolute atomic E-state index is 9.82. The molecule has 118 valence electrons. The summed E-state index contributed by atoms with van der Waals surface area (Å²) in [6.45, 7) is 4.39. The van der Waals surface area contributed by atoms with E-state index >= 15 is 0 Å². The zero-order chi connectivity index (χ0) is 15.9. The molecule has 0 aromatic heterocycles. The van der Waals surface area contributed by atoms with Crippen LogP contribution >= 0.6 is 0 Å². The van der Waals surface area contributed by atoms with Crippen LogP contribution in [0.1, 0.15) is 62.5 Å². The molecule has 0 aliphatic heterocycles. The molecule has 2 N–H and O–H groups in total. The Morgan fingerprint density at radius 2 is 1.14 bits per heavy atom. The molecule has 0 aliphatic carbocycles. The van der Waals surface area contributed by atoms with Gasteiger partial charge >= 0.3 is 0 Å². The van der Waals surface area contributed by atoms with E-state index in [2.05, 4.69) is 26.0 Å². The number of hydrogen-bond acceptors (Lipinski definition) is 2. The highest BCUT2D eigenvalue weighted by atomic mass is 16.3. The number of rotatable bonds is 7. The topological polar surface area (TPSA) is 40.5 Å². The van der Waals surface area contributed by atoms with E-state index < -0.39 is 0 Å². The van der Waals surface area contributed by atoms with E-state index in [1.165, 1.54) is 11.1 Å². The molecule has 2 aromatic carbocycles. The second-order valence-electron chi connectivity index (χ2n) is 5.98. The van der Waals surface area contributed by atoms with E-state index in [-0.39, 0.29) is 0 Å². The van der Waals surface area contributed by atoms with Gasteiger partial charge in [0.05, 0.1) is 0 Å². The van der Waals surface area contributed by atoms with Crippen LogP contribution in [-0.2, 0) is 0 Å². The van der Waals surface area contributed by atoms with E-state index in [1.54, 1.807) is 12.1 Å². The second kappa shape index (κ2) is 7.88. The van der Waals surface area contributed by atoms with Crippen molar-refractivity contribution in [2.75, 3.05) is 0 Å². The fourth-order valence-electron chi connectivity index (χ4n) is 3.33. The Morgan fingerprint density at radius 3 is 1.45 bits per heavy atom. The molecule has 2 atom stereocenters. The number of aromatic hydroxyl groups is 2. The van der Waals surface area contributed by atoms with Gasteiger partial charge in [-0.15, -0.1) is 0 Å². The molecular weight excluding hydrogens is 272 g/mol. The third kappa shape index (κ3) is 4.03. The zero-order valence-electron chi connectivity index (χ0n) is 13.5. The average molecular weight is 298 g/mol. The lowest BCUT2D eigenvalue weighted by Crippen LogP contribution is -2.12. The predicted octanol–water partition coefficient (Wildman–Crippen LogP) is 5.57. The maximum atomic E-state index is 9.82. The number of phenolic OH excluding ortho intramolecular Hbond substituents is 2. The molecule has 0 bridgehead atoms. The number of phenols is 2. The third-order valence-electron chi connectivity index (χ3n) is 4.28. The van der Waals surface area contributed by atoms with E-state index in [1.807, 2.05) is 24.3 Å². The highest BCUT2D eigenvalue weighted by Gasteiger charge is 2.24. The van der Waals surface area contributed by atoms with Gasteiger partial charge in [-0.3, -0.25) is 0 Å². The SMILES string of the molecule is CCC[C@H](c1cccc(O)c1)[C@@H](CCC)c1cccc(O)c1. The van der Waals surface area contributed by atoms with Gasteiger partial charge in [0, 0.05) is 0 Å². The van der Waals surface area contributed by atoms with Crippen molar-refractivity contribution in [3.05, 3.63) is 59.7 Å². The Bertz CT molecular complexity index is 538. The van der Waals surface area contributed by atoms with E-state index in [9.17, 15) is 10.2 Å². The largest absolute Gasteiger partial charge is 0.508 e. The Morgan fingerprint density at radius 1 is 0.727 bits per heavy atom. The van der Waals surface area contributed by atoms with Crippen molar-refractivity contribution in [1.29, 1.82) is 0 Å². The Balaban J connectivity index is 2.41. The van der Waals surface area contributed by atoms with Crippen LogP contribution in [0.3, 0.4) is 0 Å². The molecule has 0 aliphatic rings. The maximum Gasteiger partial charge on any atom is 0.115 e. The Hall–Kier alpha value is -1.96. The Kier molecular flexibility index (Phi) is 5.88. The molecule has 2 nitrogen and oxygen atoms in total. The fraction of sp³-hybridized carbons (Fsp3) is 0.400. The molecule has 2 aromatic rings. The van der Waals surface area contributed by atoms with Crippen molar-refractivity contribution in [1.82, 2.24) is 0 Å². The summed E-state index contributed by atoms with van der Waals surface area (Å²) in [5.41, 5.74) is 2.37. The summed E-state index contributed by atoms with van der Waals surface area (Å²) < 4.78 is 0. The lowest BCUT2D eigenvalue weighted by Gasteiger charge is -2.28. The monoisotopic (exact) mass is 298 g/mol. The highest BCUT2D eigenvalue weighted by Crippen LogP contribution is 2.41. The van der Waals surface area contributed by atoms with Crippen LogP contribution in [0.5, 0.6) is 11.5 Å². The molecule has 0 spiro atoms. The first-order valence-electron chi connectivity index (χ1n) is 8.23. The minimum absolute atomic E-state index is 0.324. The zero-order valence-corrected chi connectivity index (χ0v) is 13.5. The van der Waals surface area contributed by atoms with Crippen molar-refractivity contribution >= 4 is 0 Å². The summed E-state index contributed by atoms with van der Waals surface area (Å²) in [5, 5.41) is 19.6. The van der Waals surface area contributed by atoms with Gasteiger partial charge in [-0.05, 0) is 60.1 Å². The Labute approximate surface area is 133 Å². The second-order valence-corrected chi connectivity index (χ2v) is 5.98. The van der Waals surface area contributed by atoms with Crippen LogP contribution in [0.25, 0.3) is 0 Å². The van der Waals surface area contributed by atoms with Crippen LogP contribution in [0.4, 0.5) is 0 Å². The number of benzene rings is 2. The minimum atomic E-state index is 0.324. The van der Waals surface area contributed by atoms with E-state index in [4.69, 9.17) is 0 Å². The molecule has 0 saturated heterocycles. The van der Waals surface area contributed by atoms with E-state index in [0.717, 1.165) is 25.7 Å². The van der Waals surface area contributed by atoms with Crippen LogP contribution in [0.15, 0.2) is 48.5 Å². The van der Waals surface area contributed by atoms with Gasteiger partial charge in [-0.25, -0.2) is 0 Å². The third-order valence-corrected chi connectivity index (χ3v) is 4.28. The van der Waals surface area contributed by atoms with Gasteiger partial charge < -0.3 is 10.2 Å². The molecule has 0 saturated carbocycles. The lowest BCUT2D eigenvalue weighted by atomic mass is 9.76. The molecule has 2 rings (SSSR count). The molecule has 0 radical (unpaired) electrons. The molecule has 0 unspecified atom stereocenters. The normalized spacial score (nSPS) is 13.7. The number of hydrogen-bond donors (Lipinski definition) is 2. The van der Waals surface area contributed by atoms with Gasteiger partial charge in [0.15, 0.2) is 0 Å². The summed E-state index contributed by atoms with van der Waals surface area (Å²) in [6.07, 6.45) is 4.34. The van der Waals surface area contributed by atoms with Crippen molar-refractivity contribution in [2.45, 2.75) is 51.4 Å². The molecule has 0 heterocycles. The van der Waals surface area contributed by atoms with Crippen molar-refractivity contribution in [2.24, 2.45) is 0 Å². The van der Waals surface area contributed by atoms with Crippen LogP contribution in [-0.4, -0.2) is 10.2 Å². The molecule has 22 heavy (non-hydrogen) atoms. The summed E-state index contributed by atoms with van der Waals surface area (Å²) in [4.78, 5) is 0. The van der Waals surface area contributed by atoms with Gasteiger partial charge in [0.25, 0.3) is 0 Å². The summed E-state index contributed by atoms with van der Waals surface area (Å²) >= 11 is 0. The fourth-order valence-corrected chi connectivity index (χ4v) is 3.33. The summed E-state index contributed by atoms with van der Waals surface area (Å²) in [5.74, 6) is 1.37. The predicted molar refractivity (Wildman–Crippen MR) is 91.5 cm³/mol. The molecule has 0 amide bonds. The van der Waals surface area contributed by atoms with Crippen LogP contribution < -0.4 is 0 Å². The smallest absolute Gasteiger partial charge is 0.115 e. The highest BCUT2D eigenvalue weighted by molar-refractivity contribution is 5.36. The van der Waals surface area contributed by atoms with Gasteiger partial charge in [-0.2, -0.15) is 0 Å². The van der Waals surface area contributed by atoms with Crippen LogP contribution in [0.2, 0.25) is 0 Å². The standard InChI is InChI=1S/C20H26O2/c1-3-7-19(15-9-5-11-17(21)13-15)20(8-4-2)16-10-6-12-18(22)14-16/h5-6,9-14,19-22H,3-4,7-8H2,1-2H3/t19-,20+. The van der Waals surface area contributed by atoms with Crippen molar-refractivity contribution < 1.29 is 10.2 Å². The van der Waals surface area contributed by atoms with Crippen molar-refractivity contribution in [3.8, 4) is 11.5 Å². The van der Waals surface area contributed by atoms with E-state index in [0.29, 0.717) is 23.3 Å². The first-order chi connectivity index (χ1) is 10.7. The molecular formula is C20H26O2. The summed E-state index contributed by atoms with van der Waals surface area (Å²) in [6, 6.07) is 15.2.